The number of hydrogen-bond donors (Lipinski definition) is 1. The van der Waals surface area contributed by atoms with Gasteiger partial charge in [-0.05, 0) is 24.5 Å². The Balaban J connectivity index is 1.90. The maximum absolute atomic E-state index is 5.75. The average molecular weight is 257 g/mol. The van der Waals surface area contributed by atoms with Crippen molar-refractivity contribution in [2.24, 2.45) is 0 Å². The van der Waals surface area contributed by atoms with Gasteiger partial charge >= 0.3 is 6.01 Å². The smallest absolute Gasteiger partial charge is 0.325 e. The quantitative estimate of drug-likeness (QED) is 0.916. The predicted octanol–water partition coefficient (Wildman–Crippen LogP) is 2.64. The highest BCUT2D eigenvalue weighted by Crippen LogP contribution is 2.34. The molecule has 5 heteroatoms. The molecule has 0 bridgehead atoms. The fourth-order valence-corrected chi connectivity index (χ4v) is 2.15. The second kappa shape index (κ2) is 5.14. The van der Waals surface area contributed by atoms with Crippen LogP contribution in [0, 0.1) is 0 Å². The van der Waals surface area contributed by atoms with Crippen LogP contribution in [0.25, 0.3) is 0 Å². The summed E-state index contributed by atoms with van der Waals surface area (Å²) >= 11 is 0. The first-order valence-corrected chi connectivity index (χ1v) is 6.27. The van der Waals surface area contributed by atoms with Gasteiger partial charge in [0.2, 0.25) is 5.88 Å². The average Bonchev–Trinajstić information content (AvgIpc) is 2.48. The van der Waals surface area contributed by atoms with Crippen LogP contribution in [0.4, 0.5) is 5.69 Å². The van der Waals surface area contributed by atoms with Crippen LogP contribution >= 0.6 is 0 Å². The van der Waals surface area contributed by atoms with Crippen molar-refractivity contribution >= 4 is 5.69 Å². The van der Waals surface area contributed by atoms with E-state index in [1.807, 2.05) is 12.1 Å². The van der Waals surface area contributed by atoms with Gasteiger partial charge < -0.3 is 14.8 Å². The zero-order valence-electron chi connectivity index (χ0n) is 10.7. The fraction of sp³-hybridized carbons (Fsp3) is 0.286. The topological polar surface area (TPSA) is 56.3 Å². The van der Waals surface area contributed by atoms with Crippen molar-refractivity contribution < 1.29 is 9.47 Å². The lowest BCUT2D eigenvalue weighted by Crippen LogP contribution is -2.12. The van der Waals surface area contributed by atoms with Crippen LogP contribution in [0.3, 0.4) is 0 Å². The molecule has 0 unspecified atom stereocenters. The summed E-state index contributed by atoms with van der Waals surface area (Å²) in [6.07, 6.45) is 3.83. The van der Waals surface area contributed by atoms with Gasteiger partial charge in [0.1, 0.15) is 0 Å². The van der Waals surface area contributed by atoms with E-state index in [-0.39, 0.29) is 0 Å². The van der Waals surface area contributed by atoms with E-state index in [2.05, 4.69) is 21.4 Å². The first-order chi connectivity index (χ1) is 9.36. The molecule has 1 aliphatic rings. The summed E-state index contributed by atoms with van der Waals surface area (Å²) in [5.41, 5.74) is 2.31. The Morgan fingerprint density at radius 3 is 3.11 bits per heavy atom. The molecular formula is C14H15N3O2. The molecule has 0 amide bonds. The van der Waals surface area contributed by atoms with Crippen molar-refractivity contribution in [1.29, 1.82) is 0 Å². The SMILES string of the molecule is COc1ccnc(Oc2cccc3c2NCCC3)n1. The molecule has 0 saturated heterocycles. The van der Waals surface area contributed by atoms with Crippen LogP contribution in [0.1, 0.15) is 12.0 Å². The maximum atomic E-state index is 5.75. The molecule has 2 heterocycles. The van der Waals surface area contributed by atoms with Crippen molar-refractivity contribution in [2.45, 2.75) is 12.8 Å². The van der Waals surface area contributed by atoms with Crippen LogP contribution < -0.4 is 14.8 Å². The Morgan fingerprint density at radius 1 is 1.26 bits per heavy atom. The molecule has 19 heavy (non-hydrogen) atoms. The van der Waals surface area contributed by atoms with Gasteiger partial charge in [0.15, 0.2) is 5.75 Å². The Morgan fingerprint density at radius 2 is 2.21 bits per heavy atom. The number of nitrogens with one attached hydrogen (secondary N) is 1. The molecule has 98 valence electrons. The Kier molecular flexibility index (Phi) is 3.18. The second-order valence-electron chi connectivity index (χ2n) is 4.30. The van der Waals surface area contributed by atoms with Crippen molar-refractivity contribution in [3.8, 4) is 17.6 Å². The molecule has 1 aromatic carbocycles. The number of hydrogen-bond acceptors (Lipinski definition) is 5. The third-order valence-corrected chi connectivity index (χ3v) is 3.06. The van der Waals surface area contributed by atoms with E-state index in [9.17, 15) is 0 Å². The van der Waals surface area contributed by atoms with Crippen LogP contribution in [-0.4, -0.2) is 23.6 Å². The number of aromatic nitrogens is 2. The van der Waals surface area contributed by atoms with E-state index < -0.39 is 0 Å². The number of benzene rings is 1. The lowest BCUT2D eigenvalue weighted by Gasteiger charge is -2.20. The summed E-state index contributed by atoms with van der Waals surface area (Å²) in [5.74, 6) is 1.24. The van der Waals surface area contributed by atoms with E-state index in [1.165, 1.54) is 5.56 Å². The molecule has 1 aliphatic heterocycles. The molecule has 1 aromatic heterocycles. The zero-order chi connectivity index (χ0) is 13.1. The van der Waals surface area contributed by atoms with E-state index in [1.54, 1.807) is 19.4 Å². The highest BCUT2D eigenvalue weighted by Gasteiger charge is 2.14. The Labute approximate surface area is 111 Å². The minimum atomic E-state index is 0.292. The molecule has 5 nitrogen and oxygen atoms in total. The number of anilines is 1. The minimum absolute atomic E-state index is 0.292. The van der Waals surface area contributed by atoms with E-state index in [0.29, 0.717) is 11.9 Å². The number of rotatable bonds is 3. The zero-order valence-corrected chi connectivity index (χ0v) is 10.7. The Hall–Kier alpha value is -2.30. The second-order valence-corrected chi connectivity index (χ2v) is 4.30. The van der Waals surface area contributed by atoms with Gasteiger partial charge in [-0.1, -0.05) is 12.1 Å². The molecule has 1 N–H and O–H groups in total. The van der Waals surface area contributed by atoms with Crippen LogP contribution in [0.15, 0.2) is 30.5 Å². The Bertz CT molecular complexity index is 587. The van der Waals surface area contributed by atoms with Gasteiger partial charge in [-0.3, -0.25) is 0 Å². The van der Waals surface area contributed by atoms with Crippen molar-refractivity contribution in [3.05, 3.63) is 36.0 Å². The van der Waals surface area contributed by atoms with Gasteiger partial charge in [0.05, 0.1) is 12.8 Å². The summed E-state index contributed by atoms with van der Waals surface area (Å²) in [4.78, 5) is 8.24. The monoisotopic (exact) mass is 257 g/mol. The molecule has 0 saturated carbocycles. The van der Waals surface area contributed by atoms with Gasteiger partial charge in [-0.2, -0.15) is 4.98 Å². The molecule has 0 aliphatic carbocycles. The lowest BCUT2D eigenvalue weighted by atomic mass is 10.0. The molecule has 0 radical (unpaired) electrons. The van der Waals surface area contributed by atoms with Gasteiger partial charge in [-0.25, -0.2) is 4.98 Å². The number of para-hydroxylation sites is 1. The predicted molar refractivity (Wildman–Crippen MR) is 71.9 cm³/mol. The fourth-order valence-electron chi connectivity index (χ4n) is 2.15. The lowest BCUT2D eigenvalue weighted by molar-refractivity contribution is 0.376. The number of fused-ring (bicyclic) bond motifs is 1. The van der Waals surface area contributed by atoms with E-state index in [4.69, 9.17) is 9.47 Å². The van der Waals surface area contributed by atoms with Crippen LogP contribution in [-0.2, 0) is 6.42 Å². The molecule has 0 spiro atoms. The highest BCUT2D eigenvalue weighted by atomic mass is 16.5. The largest absolute Gasteiger partial charge is 0.481 e. The van der Waals surface area contributed by atoms with Crippen molar-refractivity contribution in [3.63, 3.8) is 0 Å². The standard InChI is InChI=1S/C14H15N3O2/c1-18-12-7-9-16-14(17-12)19-11-6-2-4-10-5-3-8-15-13(10)11/h2,4,6-7,9,15H,3,5,8H2,1H3. The van der Waals surface area contributed by atoms with Gasteiger partial charge in [-0.15, -0.1) is 0 Å². The normalized spacial score (nSPS) is 13.3. The van der Waals surface area contributed by atoms with Crippen molar-refractivity contribution in [2.75, 3.05) is 19.0 Å². The van der Waals surface area contributed by atoms with Gasteiger partial charge in [0.25, 0.3) is 0 Å². The highest BCUT2D eigenvalue weighted by molar-refractivity contribution is 5.63. The summed E-state index contributed by atoms with van der Waals surface area (Å²) in [6, 6.07) is 7.99. The maximum Gasteiger partial charge on any atom is 0.325 e. The summed E-state index contributed by atoms with van der Waals surface area (Å²) in [5, 5.41) is 3.37. The summed E-state index contributed by atoms with van der Waals surface area (Å²) < 4.78 is 10.8. The number of methoxy groups -OCH3 is 1. The molecule has 0 fully saturated rings. The van der Waals surface area contributed by atoms with Crippen molar-refractivity contribution in [1.82, 2.24) is 9.97 Å². The third-order valence-electron chi connectivity index (χ3n) is 3.06. The number of nitrogens with zero attached hydrogens (tertiary/aromatic N) is 2. The third kappa shape index (κ3) is 2.45. The van der Waals surface area contributed by atoms with Crippen LogP contribution in [0.2, 0.25) is 0 Å². The summed E-state index contributed by atoms with van der Waals surface area (Å²) in [6.45, 7) is 0.965. The number of aryl methyl sites for hydroxylation is 1. The van der Waals surface area contributed by atoms with Gasteiger partial charge in [0, 0.05) is 18.8 Å². The summed E-state index contributed by atoms with van der Waals surface area (Å²) in [7, 11) is 1.57. The molecule has 2 aromatic rings. The molecular weight excluding hydrogens is 242 g/mol. The van der Waals surface area contributed by atoms with E-state index in [0.717, 1.165) is 30.8 Å². The first-order valence-electron chi connectivity index (χ1n) is 6.27. The number of ether oxygens (including phenoxy) is 2. The molecule has 0 atom stereocenters. The van der Waals surface area contributed by atoms with Crippen LogP contribution in [0.5, 0.6) is 17.6 Å². The first kappa shape index (κ1) is 11.8. The van der Waals surface area contributed by atoms with E-state index >= 15 is 0 Å². The molecule has 3 rings (SSSR count). The minimum Gasteiger partial charge on any atom is -0.481 e.